The van der Waals surface area contributed by atoms with Crippen molar-refractivity contribution in [3.05, 3.63) is 17.5 Å². The van der Waals surface area contributed by atoms with Crippen molar-refractivity contribution < 1.29 is 0 Å². The van der Waals surface area contributed by atoms with Crippen molar-refractivity contribution in [2.75, 3.05) is 0 Å². The lowest BCUT2D eigenvalue weighted by molar-refractivity contribution is 0.285. The molecular weight excluding hydrogens is 210 g/mol. The van der Waals surface area contributed by atoms with Gasteiger partial charge in [0.2, 0.25) is 0 Å². The van der Waals surface area contributed by atoms with E-state index >= 15 is 0 Å². The van der Waals surface area contributed by atoms with Crippen LogP contribution in [0.3, 0.4) is 0 Å². The Kier molecular flexibility index (Phi) is 3.06. The predicted molar refractivity (Wildman–Crippen MR) is 70.9 cm³/mol. The van der Waals surface area contributed by atoms with Crippen LogP contribution in [0.2, 0.25) is 0 Å². The standard InChI is InChI=1S/C14H25N3/c1-13(2,3)11-10-12(17(4)16-11)14(15)8-6-5-7-9-14/h10H,5-9,15H2,1-4H3. The van der Waals surface area contributed by atoms with E-state index in [-0.39, 0.29) is 11.0 Å². The van der Waals surface area contributed by atoms with Gasteiger partial charge in [0.25, 0.3) is 0 Å². The minimum absolute atomic E-state index is 0.0983. The van der Waals surface area contributed by atoms with Gasteiger partial charge >= 0.3 is 0 Å². The molecule has 1 aromatic heterocycles. The maximum absolute atomic E-state index is 6.58. The molecule has 3 heteroatoms. The smallest absolute Gasteiger partial charge is 0.0681 e. The van der Waals surface area contributed by atoms with Gasteiger partial charge in [-0.1, -0.05) is 40.0 Å². The number of rotatable bonds is 1. The highest BCUT2D eigenvalue weighted by atomic mass is 15.3. The summed E-state index contributed by atoms with van der Waals surface area (Å²) in [5, 5.41) is 4.64. The third-order valence-electron chi connectivity index (χ3n) is 3.90. The fourth-order valence-electron chi connectivity index (χ4n) is 2.74. The molecule has 1 aliphatic rings. The third kappa shape index (κ3) is 2.39. The van der Waals surface area contributed by atoms with Crippen LogP contribution in [0.15, 0.2) is 6.07 Å². The molecule has 1 aliphatic carbocycles. The van der Waals surface area contributed by atoms with Crippen LogP contribution in [-0.4, -0.2) is 9.78 Å². The molecule has 1 fully saturated rings. The second-order valence-electron chi connectivity index (χ2n) is 6.51. The summed E-state index contributed by atoms with van der Waals surface area (Å²) >= 11 is 0. The van der Waals surface area contributed by atoms with Gasteiger partial charge in [0.05, 0.1) is 16.9 Å². The number of aromatic nitrogens is 2. The van der Waals surface area contributed by atoms with Gasteiger partial charge in [-0.2, -0.15) is 5.10 Å². The molecular formula is C14H25N3. The summed E-state index contributed by atoms with van der Waals surface area (Å²) in [5.41, 5.74) is 8.88. The molecule has 0 radical (unpaired) electrons. The topological polar surface area (TPSA) is 43.8 Å². The molecule has 1 heterocycles. The molecule has 0 bridgehead atoms. The number of nitrogens with zero attached hydrogens (tertiary/aromatic N) is 2. The lowest BCUT2D eigenvalue weighted by atomic mass is 9.79. The molecule has 0 saturated heterocycles. The average Bonchev–Trinajstić information content (AvgIpc) is 2.61. The number of hydrogen-bond donors (Lipinski definition) is 1. The average molecular weight is 235 g/mol. The monoisotopic (exact) mass is 235 g/mol. The summed E-state index contributed by atoms with van der Waals surface area (Å²) in [6.45, 7) is 6.59. The third-order valence-corrected chi connectivity index (χ3v) is 3.90. The van der Waals surface area contributed by atoms with Gasteiger partial charge in [-0.25, -0.2) is 0 Å². The first-order valence-electron chi connectivity index (χ1n) is 6.67. The second kappa shape index (κ2) is 4.13. The van der Waals surface area contributed by atoms with E-state index in [0.29, 0.717) is 0 Å². The first-order valence-corrected chi connectivity index (χ1v) is 6.67. The van der Waals surface area contributed by atoms with Gasteiger partial charge in [0.15, 0.2) is 0 Å². The predicted octanol–water partition coefficient (Wildman–Crippen LogP) is 2.84. The summed E-state index contributed by atoms with van der Waals surface area (Å²) in [7, 11) is 2.02. The van der Waals surface area contributed by atoms with Crippen LogP contribution in [0, 0.1) is 0 Å². The van der Waals surface area contributed by atoms with Gasteiger partial charge in [0, 0.05) is 12.5 Å². The highest BCUT2D eigenvalue weighted by molar-refractivity contribution is 5.24. The molecule has 3 nitrogen and oxygen atoms in total. The van der Waals surface area contributed by atoms with Crippen LogP contribution in [0.1, 0.15) is 64.3 Å². The molecule has 0 amide bonds. The van der Waals surface area contributed by atoms with Gasteiger partial charge in [-0.05, 0) is 18.9 Å². The molecule has 1 saturated carbocycles. The first-order chi connectivity index (χ1) is 7.83. The summed E-state index contributed by atoms with van der Waals surface area (Å²) in [4.78, 5) is 0. The Labute approximate surface area is 104 Å². The van der Waals surface area contributed by atoms with Crippen LogP contribution in [-0.2, 0) is 18.0 Å². The Morgan fingerprint density at radius 1 is 1.24 bits per heavy atom. The zero-order chi connectivity index (χ0) is 12.7. The van der Waals surface area contributed by atoms with E-state index < -0.39 is 0 Å². The normalized spacial score (nSPS) is 20.5. The van der Waals surface area contributed by atoms with Crippen molar-refractivity contribution in [2.45, 2.75) is 63.8 Å². The van der Waals surface area contributed by atoms with Crippen LogP contribution in [0.4, 0.5) is 0 Å². The molecule has 0 atom stereocenters. The number of aryl methyl sites for hydroxylation is 1. The maximum atomic E-state index is 6.58. The Hall–Kier alpha value is -0.830. The largest absolute Gasteiger partial charge is 0.320 e. The van der Waals surface area contributed by atoms with Gasteiger partial charge in [-0.3, -0.25) is 4.68 Å². The number of nitrogens with two attached hydrogens (primary N) is 1. The highest BCUT2D eigenvalue weighted by Crippen LogP contribution is 2.36. The summed E-state index contributed by atoms with van der Waals surface area (Å²) < 4.78 is 1.99. The van der Waals surface area contributed by atoms with E-state index in [0.717, 1.165) is 18.5 Å². The van der Waals surface area contributed by atoms with E-state index in [4.69, 9.17) is 5.73 Å². The van der Waals surface area contributed by atoms with Crippen LogP contribution in [0.25, 0.3) is 0 Å². The molecule has 0 aliphatic heterocycles. The van der Waals surface area contributed by atoms with E-state index in [1.54, 1.807) is 0 Å². The lowest BCUT2D eigenvalue weighted by Crippen LogP contribution is -2.40. The molecule has 0 spiro atoms. The zero-order valence-electron chi connectivity index (χ0n) is 11.6. The van der Waals surface area contributed by atoms with Crippen molar-refractivity contribution in [1.82, 2.24) is 9.78 Å². The van der Waals surface area contributed by atoms with Crippen LogP contribution >= 0.6 is 0 Å². The van der Waals surface area contributed by atoms with Gasteiger partial charge < -0.3 is 5.73 Å². The van der Waals surface area contributed by atoms with Crippen molar-refractivity contribution in [3.63, 3.8) is 0 Å². The highest BCUT2D eigenvalue weighted by Gasteiger charge is 2.33. The van der Waals surface area contributed by atoms with E-state index in [9.17, 15) is 0 Å². The van der Waals surface area contributed by atoms with Crippen molar-refractivity contribution >= 4 is 0 Å². The molecule has 2 rings (SSSR count). The van der Waals surface area contributed by atoms with Crippen molar-refractivity contribution in [1.29, 1.82) is 0 Å². The van der Waals surface area contributed by atoms with E-state index in [1.165, 1.54) is 25.0 Å². The lowest BCUT2D eigenvalue weighted by Gasteiger charge is -2.33. The Balaban J connectivity index is 2.35. The second-order valence-corrected chi connectivity index (χ2v) is 6.51. The minimum Gasteiger partial charge on any atom is -0.320 e. The van der Waals surface area contributed by atoms with E-state index in [2.05, 4.69) is 31.9 Å². The Morgan fingerprint density at radius 3 is 2.29 bits per heavy atom. The maximum Gasteiger partial charge on any atom is 0.0681 e. The molecule has 17 heavy (non-hydrogen) atoms. The zero-order valence-corrected chi connectivity index (χ0v) is 11.6. The molecule has 96 valence electrons. The first kappa shape index (κ1) is 12.6. The van der Waals surface area contributed by atoms with Crippen molar-refractivity contribution in [3.8, 4) is 0 Å². The Morgan fingerprint density at radius 2 is 1.82 bits per heavy atom. The molecule has 0 unspecified atom stereocenters. The minimum atomic E-state index is -0.149. The van der Waals surface area contributed by atoms with E-state index in [1.807, 2.05) is 11.7 Å². The van der Waals surface area contributed by atoms with Crippen molar-refractivity contribution in [2.24, 2.45) is 12.8 Å². The fourth-order valence-corrected chi connectivity index (χ4v) is 2.74. The summed E-state index contributed by atoms with van der Waals surface area (Å²) in [6, 6.07) is 2.21. The van der Waals surface area contributed by atoms with Gasteiger partial charge in [0.1, 0.15) is 0 Å². The summed E-state index contributed by atoms with van der Waals surface area (Å²) in [5.74, 6) is 0. The van der Waals surface area contributed by atoms with Crippen LogP contribution < -0.4 is 5.73 Å². The Bertz CT molecular complexity index is 392. The quantitative estimate of drug-likeness (QED) is 0.813. The fraction of sp³-hybridized carbons (Fsp3) is 0.786. The molecule has 2 N–H and O–H groups in total. The summed E-state index contributed by atoms with van der Waals surface area (Å²) in [6.07, 6.45) is 5.99. The molecule has 0 aromatic carbocycles. The number of hydrogen-bond acceptors (Lipinski definition) is 2. The van der Waals surface area contributed by atoms with Crippen LogP contribution in [0.5, 0.6) is 0 Å². The van der Waals surface area contributed by atoms with Gasteiger partial charge in [-0.15, -0.1) is 0 Å². The molecule has 1 aromatic rings. The SMILES string of the molecule is Cn1nc(C(C)(C)C)cc1C1(N)CCCCC1.